The van der Waals surface area contributed by atoms with E-state index in [9.17, 15) is 13.9 Å². The van der Waals surface area contributed by atoms with Crippen LogP contribution in [0.4, 0.5) is 20.4 Å². The molecule has 1 atom stereocenters. The van der Waals surface area contributed by atoms with E-state index in [0.29, 0.717) is 17.2 Å². The Labute approximate surface area is 159 Å². The number of anilines is 2. The molecule has 0 aliphatic heterocycles. The smallest absolute Gasteiger partial charge is 0.264 e. The number of halogens is 2. The highest BCUT2D eigenvalue weighted by molar-refractivity contribution is 5.61. The molecule has 0 spiro atoms. The lowest BCUT2D eigenvalue weighted by atomic mass is 10.1. The molecular weight excluding hydrogens is 370 g/mol. The lowest BCUT2D eigenvalue weighted by Crippen LogP contribution is -2.34. The zero-order chi connectivity index (χ0) is 20.3. The monoisotopic (exact) mass is 390 g/mol. The van der Waals surface area contributed by atoms with Gasteiger partial charge in [-0.25, -0.2) is 23.4 Å². The van der Waals surface area contributed by atoms with Crippen molar-refractivity contribution in [1.29, 1.82) is 0 Å². The van der Waals surface area contributed by atoms with Crippen molar-refractivity contribution >= 4 is 11.6 Å². The predicted molar refractivity (Wildman–Crippen MR) is 98.2 cm³/mol. The second-order valence-electron chi connectivity index (χ2n) is 6.77. The summed E-state index contributed by atoms with van der Waals surface area (Å²) in [5.41, 5.74) is 0.398. The molecule has 148 valence electrons. The summed E-state index contributed by atoms with van der Waals surface area (Å²) in [5.74, 6) is 0.676. The number of rotatable bonds is 7. The summed E-state index contributed by atoms with van der Waals surface area (Å²) in [5, 5.41) is 30.0. The van der Waals surface area contributed by atoms with E-state index in [0.717, 1.165) is 5.56 Å². The van der Waals surface area contributed by atoms with E-state index in [1.54, 1.807) is 18.3 Å². The van der Waals surface area contributed by atoms with E-state index in [1.165, 1.54) is 29.9 Å². The SMILES string of the molecule is Cc1cc(Nc2cc(C(F)F)ccn2)nc(-c2cn(C[C@@](C)(O)CO)nn2)c1. The average Bonchev–Trinajstić information content (AvgIpc) is 3.09. The lowest BCUT2D eigenvalue weighted by molar-refractivity contribution is -0.0149. The van der Waals surface area contributed by atoms with Gasteiger partial charge in [0.25, 0.3) is 6.43 Å². The van der Waals surface area contributed by atoms with Crippen molar-refractivity contribution in [2.24, 2.45) is 0 Å². The molecule has 0 amide bonds. The Morgan fingerprint density at radius 3 is 2.71 bits per heavy atom. The number of pyridine rings is 2. The maximum Gasteiger partial charge on any atom is 0.264 e. The minimum absolute atomic E-state index is 0.0672. The molecule has 3 aromatic rings. The molecule has 0 aromatic carbocycles. The summed E-state index contributed by atoms with van der Waals surface area (Å²) in [7, 11) is 0. The maximum atomic E-state index is 12.9. The zero-order valence-corrected chi connectivity index (χ0v) is 15.3. The molecule has 8 nitrogen and oxygen atoms in total. The Balaban J connectivity index is 1.84. The van der Waals surface area contributed by atoms with Crippen molar-refractivity contribution in [3.8, 4) is 11.4 Å². The van der Waals surface area contributed by atoms with Crippen LogP contribution in [-0.4, -0.2) is 47.4 Å². The molecule has 3 aromatic heterocycles. The van der Waals surface area contributed by atoms with Crippen molar-refractivity contribution in [3.63, 3.8) is 0 Å². The van der Waals surface area contributed by atoms with Crippen LogP contribution in [0.3, 0.4) is 0 Å². The Kier molecular flexibility index (Phi) is 5.61. The Morgan fingerprint density at radius 2 is 2.00 bits per heavy atom. The molecule has 0 fully saturated rings. The van der Waals surface area contributed by atoms with Gasteiger partial charge in [0.05, 0.1) is 25.0 Å². The molecule has 10 heteroatoms. The molecular formula is C18H20F2N6O2. The van der Waals surface area contributed by atoms with Gasteiger partial charge in [-0.3, -0.25) is 0 Å². The number of hydrogen-bond donors (Lipinski definition) is 3. The van der Waals surface area contributed by atoms with Crippen LogP contribution in [0.2, 0.25) is 0 Å². The molecule has 28 heavy (non-hydrogen) atoms. The third kappa shape index (κ3) is 4.84. The van der Waals surface area contributed by atoms with Gasteiger partial charge in [0.1, 0.15) is 22.9 Å². The molecule has 0 aliphatic rings. The first kappa shape index (κ1) is 19.8. The summed E-state index contributed by atoms with van der Waals surface area (Å²) < 4.78 is 27.1. The van der Waals surface area contributed by atoms with E-state index < -0.39 is 18.6 Å². The highest BCUT2D eigenvalue weighted by atomic mass is 19.3. The van der Waals surface area contributed by atoms with Gasteiger partial charge in [0, 0.05) is 11.8 Å². The van der Waals surface area contributed by atoms with Crippen LogP contribution in [-0.2, 0) is 6.54 Å². The standard InChI is InChI=1S/C18H20F2N6O2/c1-11-5-13(14-8-26(25-24-14)9-18(2,28)10-27)22-16(6-11)23-15-7-12(17(19)20)3-4-21-15/h3-8,17,27-28H,9-10H2,1-2H3,(H,21,22,23)/t18-/m1/s1. The molecule has 3 rings (SSSR count). The minimum Gasteiger partial charge on any atom is -0.393 e. The molecule has 0 bridgehead atoms. The molecule has 0 saturated carbocycles. The average molecular weight is 390 g/mol. The lowest BCUT2D eigenvalue weighted by Gasteiger charge is -2.19. The highest BCUT2D eigenvalue weighted by Crippen LogP contribution is 2.24. The normalized spacial score (nSPS) is 13.5. The van der Waals surface area contributed by atoms with Crippen LogP contribution in [0.15, 0.2) is 36.7 Å². The van der Waals surface area contributed by atoms with Gasteiger partial charge in [-0.1, -0.05) is 5.21 Å². The van der Waals surface area contributed by atoms with Gasteiger partial charge in [0.15, 0.2) is 0 Å². The van der Waals surface area contributed by atoms with Crippen LogP contribution in [0, 0.1) is 6.92 Å². The number of aryl methyl sites for hydroxylation is 1. The third-order valence-electron chi connectivity index (χ3n) is 3.91. The minimum atomic E-state index is -2.59. The van der Waals surface area contributed by atoms with Gasteiger partial charge in [-0.2, -0.15) is 0 Å². The molecule has 3 N–H and O–H groups in total. The third-order valence-corrected chi connectivity index (χ3v) is 3.91. The van der Waals surface area contributed by atoms with Crippen LogP contribution in [0.1, 0.15) is 24.5 Å². The van der Waals surface area contributed by atoms with Crippen LogP contribution in [0.5, 0.6) is 0 Å². The molecule has 0 saturated heterocycles. The van der Waals surface area contributed by atoms with Crippen molar-refractivity contribution in [3.05, 3.63) is 47.8 Å². The maximum absolute atomic E-state index is 12.9. The van der Waals surface area contributed by atoms with Crippen molar-refractivity contribution in [2.45, 2.75) is 32.4 Å². The number of alkyl halides is 2. The van der Waals surface area contributed by atoms with Gasteiger partial charge in [0.2, 0.25) is 0 Å². The van der Waals surface area contributed by atoms with E-state index in [-0.39, 0.29) is 17.9 Å². The fourth-order valence-corrected chi connectivity index (χ4v) is 2.54. The second kappa shape index (κ2) is 7.95. The quantitative estimate of drug-likeness (QED) is 0.569. The number of nitrogens with one attached hydrogen (secondary N) is 1. The van der Waals surface area contributed by atoms with E-state index in [4.69, 9.17) is 5.11 Å². The Hall–Kier alpha value is -2.98. The van der Waals surface area contributed by atoms with Crippen LogP contribution in [0.25, 0.3) is 11.4 Å². The summed E-state index contributed by atoms with van der Waals surface area (Å²) in [4.78, 5) is 8.47. The topological polar surface area (TPSA) is 109 Å². The molecule has 0 aliphatic carbocycles. The van der Waals surface area contributed by atoms with Gasteiger partial charge in [-0.15, -0.1) is 5.10 Å². The summed E-state index contributed by atoms with van der Waals surface area (Å²) in [6.45, 7) is 3.00. The summed E-state index contributed by atoms with van der Waals surface area (Å²) in [6.07, 6.45) is 0.320. The Morgan fingerprint density at radius 1 is 1.21 bits per heavy atom. The molecule has 0 unspecified atom stereocenters. The summed E-state index contributed by atoms with van der Waals surface area (Å²) in [6, 6.07) is 6.07. The number of nitrogens with zero attached hydrogens (tertiary/aromatic N) is 5. The number of aliphatic hydroxyl groups excluding tert-OH is 1. The van der Waals surface area contributed by atoms with Gasteiger partial charge >= 0.3 is 0 Å². The second-order valence-corrected chi connectivity index (χ2v) is 6.77. The predicted octanol–water partition coefficient (Wildman–Crippen LogP) is 2.47. The number of hydrogen-bond acceptors (Lipinski definition) is 7. The number of aliphatic hydroxyl groups is 2. The molecule has 3 heterocycles. The fourth-order valence-electron chi connectivity index (χ4n) is 2.54. The highest BCUT2D eigenvalue weighted by Gasteiger charge is 2.21. The zero-order valence-electron chi connectivity index (χ0n) is 15.3. The number of aromatic nitrogens is 5. The largest absolute Gasteiger partial charge is 0.393 e. The van der Waals surface area contributed by atoms with Gasteiger partial charge in [-0.05, 0) is 43.7 Å². The molecule has 0 radical (unpaired) electrons. The first-order chi connectivity index (χ1) is 13.3. The van der Waals surface area contributed by atoms with Crippen molar-refractivity contribution in [2.75, 3.05) is 11.9 Å². The van der Waals surface area contributed by atoms with Crippen LogP contribution >= 0.6 is 0 Å². The van der Waals surface area contributed by atoms with Gasteiger partial charge < -0.3 is 15.5 Å². The van der Waals surface area contributed by atoms with Crippen molar-refractivity contribution in [1.82, 2.24) is 25.0 Å². The van der Waals surface area contributed by atoms with Crippen LogP contribution < -0.4 is 5.32 Å². The van der Waals surface area contributed by atoms with Crippen molar-refractivity contribution < 1.29 is 19.0 Å². The van der Waals surface area contributed by atoms with E-state index in [2.05, 4.69) is 25.6 Å². The Bertz CT molecular complexity index is 961. The van der Waals surface area contributed by atoms with E-state index >= 15 is 0 Å². The fraction of sp³-hybridized carbons (Fsp3) is 0.333. The summed E-state index contributed by atoms with van der Waals surface area (Å²) >= 11 is 0. The first-order valence-electron chi connectivity index (χ1n) is 8.49. The van der Waals surface area contributed by atoms with E-state index in [1.807, 2.05) is 6.92 Å². The first-order valence-corrected chi connectivity index (χ1v) is 8.49.